The van der Waals surface area contributed by atoms with Gasteiger partial charge < -0.3 is 9.84 Å². The van der Waals surface area contributed by atoms with Crippen molar-refractivity contribution >= 4 is 5.97 Å². The Hall–Kier alpha value is -1.55. The summed E-state index contributed by atoms with van der Waals surface area (Å²) in [6.45, 7) is 7.48. The third kappa shape index (κ3) is 3.56. The molecule has 1 aliphatic rings. The lowest BCUT2D eigenvalue weighted by atomic mass is 9.77. The number of carboxylic acid groups (broad SMARTS) is 1. The molecule has 0 amide bonds. The normalized spacial score (nSPS) is 16.6. The molecule has 2 N–H and O–H groups in total. The zero-order chi connectivity index (χ0) is 15.5. The molecule has 1 fully saturated rings. The number of benzene rings is 1. The minimum atomic E-state index is -0.745. The molecule has 0 bridgehead atoms. The van der Waals surface area contributed by atoms with Gasteiger partial charge in [0.05, 0.1) is 0 Å². The van der Waals surface area contributed by atoms with Crippen molar-refractivity contribution in [1.82, 2.24) is 5.32 Å². The smallest absolute Gasteiger partial charge is 0.323 e. The summed E-state index contributed by atoms with van der Waals surface area (Å²) in [6.07, 6.45) is 2.41. The first kappa shape index (κ1) is 15.8. The van der Waals surface area contributed by atoms with Crippen molar-refractivity contribution in [1.29, 1.82) is 0 Å². The first-order valence-corrected chi connectivity index (χ1v) is 7.66. The lowest BCUT2D eigenvalue weighted by Gasteiger charge is -2.38. The Kier molecular flexibility index (Phi) is 4.88. The van der Waals surface area contributed by atoms with Crippen molar-refractivity contribution < 1.29 is 14.6 Å². The van der Waals surface area contributed by atoms with E-state index in [4.69, 9.17) is 4.74 Å². The van der Waals surface area contributed by atoms with Gasteiger partial charge in [-0.3, -0.25) is 10.1 Å². The van der Waals surface area contributed by atoms with E-state index in [1.54, 1.807) is 0 Å². The van der Waals surface area contributed by atoms with E-state index < -0.39 is 11.5 Å². The second-order valence-corrected chi connectivity index (χ2v) is 6.19. The minimum absolute atomic E-state index is 0.482. The van der Waals surface area contributed by atoms with E-state index in [9.17, 15) is 9.90 Å². The monoisotopic (exact) mass is 291 g/mol. The van der Waals surface area contributed by atoms with Gasteiger partial charge in [-0.15, -0.1) is 0 Å². The predicted molar refractivity (Wildman–Crippen MR) is 83.0 cm³/mol. The minimum Gasteiger partial charge on any atom is -0.492 e. The van der Waals surface area contributed by atoms with E-state index in [-0.39, 0.29) is 0 Å². The fourth-order valence-corrected chi connectivity index (χ4v) is 2.84. The second kappa shape index (κ2) is 6.48. The van der Waals surface area contributed by atoms with Gasteiger partial charge in [0.15, 0.2) is 0 Å². The molecular formula is C17H25NO3. The molecule has 0 spiro atoms. The zero-order valence-electron chi connectivity index (χ0n) is 13.1. The van der Waals surface area contributed by atoms with E-state index in [0.717, 1.165) is 12.2 Å². The van der Waals surface area contributed by atoms with Crippen LogP contribution in [0.15, 0.2) is 18.2 Å². The van der Waals surface area contributed by atoms with Crippen LogP contribution in [0.25, 0.3) is 0 Å². The SMILES string of the molecule is Cc1cc(OCCNC2(C(=O)O)CCC2)ccc1C(C)C. The molecule has 1 aromatic rings. The molecule has 1 aliphatic carbocycles. The van der Waals surface area contributed by atoms with Gasteiger partial charge in [0.25, 0.3) is 0 Å². The third-order valence-electron chi connectivity index (χ3n) is 4.31. The lowest BCUT2D eigenvalue weighted by molar-refractivity contribution is -0.148. The maximum Gasteiger partial charge on any atom is 0.323 e. The summed E-state index contributed by atoms with van der Waals surface area (Å²) in [5.41, 5.74) is 1.86. The molecule has 4 nitrogen and oxygen atoms in total. The number of aliphatic carboxylic acids is 1. The fraction of sp³-hybridized carbons (Fsp3) is 0.588. The number of hydrogen-bond acceptors (Lipinski definition) is 3. The third-order valence-corrected chi connectivity index (χ3v) is 4.31. The number of aryl methyl sites for hydroxylation is 1. The maximum absolute atomic E-state index is 11.2. The molecule has 0 unspecified atom stereocenters. The summed E-state index contributed by atoms with van der Waals surface area (Å²) < 4.78 is 5.71. The van der Waals surface area contributed by atoms with Crippen molar-refractivity contribution in [3.63, 3.8) is 0 Å². The van der Waals surface area contributed by atoms with Crippen LogP contribution in [-0.2, 0) is 4.79 Å². The van der Waals surface area contributed by atoms with Gasteiger partial charge in [-0.25, -0.2) is 0 Å². The van der Waals surface area contributed by atoms with Crippen LogP contribution in [0.2, 0.25) is 0 Å². The summed E-state index contributed by atoms with van der Waals surface area (Å²) in [4.78, 5) is 11.2. The molecule has 1 saturated carbocycles. The molecule has 0 atom stereocenters. The van der Waals surface area contributed by atoms with Crippen LogP contribution in [-0.4, -0.2) is 29.8 Å². The molecule has 1 aromatic carbocycles. The average Bonchev–Trinajstić information content (AvgIpc) is 2.35. The fourth-order valence-electron chi connectivity index (χ4n) is 2.84. The molecule has 0 radical (unpaired) electrons. The highest BCUT2D eigenvalue weighted by molar-refractivity contribution is 5.79. The number of nitrogens with one attached hydrogen (secondary N) is 1. The topological polar surface area (TPSA) is 58.6 Å². The van der Waals surface area contributed by atoms with Crippen LogP contribution in [0.1, 0.15) is 50.2 Å². The summed E-state index contributed by atoms with van der Waals surface area (Å²) in [5.74, 6) is 0.609. The van der Waals surface area contributed by atoms with Crippen LogP contribution in [0.5, 0.6) is 5.75 Å². The number of carbonyl (C=O) groups is 1. The Morgan fingerprint density at radius 2 is 2.14 bits per heavy atom. The van der Waals surface area contributed by atoms with Crippen LogP contribution in [0.4, 0.5) is 0 Å². The number of hydrogen-bond donors (Lipinski definition) is 2. The van der Waals surface area contributed by atoms with Crippen molar-refractivity contribution in [2.75, 3.05) is 13.2 Å². The Balaban J connectivity index is 1.81. The summed E-state index contributed by atoms with van der Waals surface area (Å²) >= 11 is 0. The summed E-state index contributed by atoms with van der Waals surface area (Å²) in [7, 11) is 0. The van der Waals surface area contributed by atoms with Crippen LogP contribution >= 0.6 is 0 Å². The van der Waals surface area contributed by atoms with E-state index >= 15 is 0 Å². The van der Waals surface area contributed by atoms with Crippen LogP contribution < -0.4 is 10.1 Å². The Morgan fingerprint density at radius 3 is 2.62 bits per heavy atom. The molecule has 21 heavy (non-hydrogen) atoms. The summed E-state index contributed by atoms with van der Waals surface area (Å²) in [5, 5.41) is 12.3. The molecule has 0 saturated heterocycles. The van der Waals surface area contributed by atoms with Crippen molar-refractivity contribution in [2.24, 2.45) is 0 Å². The van der Waals surface area contributed by atoms with Gasteiger partial charge in [0, 0.05) is 6.54 Å². The number of carboxylic acids is 1. The largest absolute Gasteiger partial charge is 0.492 e. The highest BCUT2D eigenvalue weighted by atomic mass is 16.5. The van der Waals surface area contributed by atoms with Gasteiger partial charge in [0.1, 0.15) is 17.9 Å². The molecule has 2 rings (SSSR count). The highest BCUT2D eigenvalue weighted by Gasteiger charge is 2.43. The quantitative estimate of drug-likeness (QED) is 0.758. The van der Waals surface area contributed by atoms with Gasteiger partial charge in [-0.2, -0.15) is 0 Å². The Bertz CT molecular complexity index is 507. The number of ether oxygens (including phenoxy) is 1. The lowest BCUT2D eigenvalue weighted by Crippen LogP contribution is -2.57. The first-order valence-electron chi connectivity index (χ1n) is 7.66. The van der Waals surface area contributed by atoms with Crippen molar-refractivity contribution in [3.05, 3.63) is 29.3 Å². The molecule has 0 heterocycles. The van der Waals surface area contributed by atoms with Gasteiger partial charge in [-0.05, 0) is 55.4 Å². The van der Waals surface area contributed by atoms with Crippen molar-refractivity contribution in [3.8, 4) is 5.75 Å². The Morgan fingerprint density at radius 1 is 1.43 bits per heavy atom. The van der Waals surface area contributed by atoms with Gasteiger partial charge in [-0.1, -0.05) is 19.9 Å². The summed E-state index contributed by atoms with van der Waals surface area (Å²) in [6, 6.07) is 6.14. The molecule has 116 valence electrons. The van der Waals surface area contributed by atoms with Gasteiger partial charge in [0.2, 0.25) is 0 Å². The van der Waals surface area contributed by atoms with Crippen LogP contribution in [0.3, 0.4) is 0 Å². The molecule has 0 aromatic heterocycles. The predicted octanol–water partition coefficient (Wildman–Crippen LogP) is 3.09. The van der Waals surface area contributed by atoms with E-state index in [1.807, 2.05) is 12.1 Å². The maximum atomic E-state index is 11.2. The second-order valence-electron chi connectivity index (χ2n) is 6.19. The van der Waals surface area contributed by atoms with Crippen LogP contribution in [0, 0.1) is 6.92 Å². The molecule has 0 aliphatic heterocycles. The first-order chi connectivity index (χ1) is 9.94. The van der Waals surface area contributed by atoms with E-state index in [1.165, 1.54) is 11.1 Å². The highest BCUT2D eigenvalue weighted by Crippen LogP contribution is 2.31. The molecule has 4 heteroatoms. The Labute approximate surface area is 126 Å². The van der Waals surface area contributed by atoms with E-state index in [2.05, 4.69) is 32.2 Å². The van der Waals surface area contributed by atoms with E-state index in [0.29, 0.717) is 31.9 Å². The standard InChI is InChI=1S/C17H25NO3/c1-12(2)15-6-5-14(11-13(15)3)21-10-9-18-17(16(19)20)7-4-8-17/h5-6,11-12,18H,4,7-10H2,1-3H3,(H,19,20). The van der Waals surface area contributed by atoms with Crippen molar-refractivity contribution in [2.45, 2.75) is 51.5 Å². The zero-order valence-corrected chi connectivity index (χ0v) is 13.1. The number of rotatable bonds is 7. The van der Waals surface area contributed by atoms with Gasteiger partial charge >= 0.3 is 5.97 Å². The average molecular weight is 291 g/mol. The molecular weight excluding hydrogens is 266 g/mol.